The summed E-state index contributed by atoms with van der Waals surface area (Å²) in [5.74, 6) is 0. The fourth-order valence-electron chi connectivity index (χ4n) is 0.875. The zero-order valence-corrected chi connectivity index (χ0v) is 8.33. The molecule has 0 aliphatic carbocycles. The van der Waals surface area contributed by atoms with Crippen LogP contribution in [-0.4, -0.2) is 6.67 Å². The Morgan fingerprint density at radius 3 is 1.73 bits per heavy atom. The largest absolute Gasteiger partial charge is 0.251 e. The number of halogens is 1. The van der Waals surface area contributed by atoms with Crippen LogP contribution < -0.4 is 0 Å². The molecule has 0 nitrogen and oxygen atoms in total. The van der Waals surface area contributed by atoms with Crippen molar-refractivity contribution in [2.45, 2.75) is 59.3 Å². The molecule has 0 aromatic heterocycles. The van der Waals surface area contributed by atoms with Gasteiger partial charge in [0.2, 0.25) is 0 Å². The van der Waals surface area contributed by atoms with Gasteiger partial charge in [-0.3, -0.25) is 4.39 Å². The fourth-order valence-corrected chi connectivity index (χ4v) is 0.875. The minimum Gasteiger partial charge on any atom is -0.251 e. The van der Waals surface area contributed by atoms with Gasteiger partial charge in [0.15, 0.2) is 0 Å². The highest BCUT2D eigenvalue weighted by atomic mass is 19.1. The molecule has 0 radical (unpaired) electrons. The van der Waals surface area contributed by atoms with Crippen molar-refractivity contribution in [2.75, 3.05) is 6.67 Å². The van der Waals surface area contributed by atoms with E-state index in [2.05, 4.69) is 6.92 Å². The molecule has 0 aliphatic rings. The summed E-state index contributed by atoms with van der Waals surface area (Å²) in [6.45, 7) is 6.06. The quantitative estimate of drug-likeness (QED) is 0.509. The van der Waals surface area contributed by atoms with Gasteiger partial charge in [-0.25, -0.2) is 0 Å². The van der Waals surface area contributed by atoms with E-state index in [9.17, 15) is 4.39 Å². The van der Waals surface area contributed by atoms with Crippen molar-refractivity contribution in [3.05, 3.63) is 0 Å². The van der Waals surface area contributed by atoms with Crippen LogP contribution in [-0.2, 0) is 0 Å². The lowest BCUT2D eigenvalue weighted by molar-refractivity contribution is 0.451. The van der Waals surface area contributed by atoms with Crippen molar-refractivity contribution < 1.29 is 4.39 Å². The van der Waals surface area contributed by atoms with Crippen molar-refractivity contribution in [2.24, 2.45) is 0 Å². The van der Waals surface area contributed by atoms with Crippen LogP contribution in [0.1, 0.15) is 59.3 Å². The Morgan fingerprint density at radius 2 is 1.27 bits per heavy atom. The van der Waals surface area contributed by atoms with E-state index in [1.807, 2.05) is 13.8 Å². The van der Waals surface area contributed by atoms with Crippen LogP contribution in [0, 0.1) is 0 Å². The summed E-state index contributed by atoms with van der Waals surface area (Å²) in [4.78, 5) is 0. The van der Waals surface area contributed by atoms with Gasteiger partial charge >= 0.3 is 0 Å². The van der Waals surface area contributed by atoms with E-state index in [-0.39, 0.29) is 6.67 Å². The third-order valence-electron chi connectivity index (χ3n) is 1.49. The van der Waals surface area contributed by atoms with Crippen molar-refractivity contribution in [3.63, 3.8) is 0 Å². The lowest BCUT2D eigenvalue weighted by Crippen LogP contribution is -1.78. The molecule has 0 rings (SSSR count). The summed E-state index contributed by atoms with van der Waals surface area (Å²) in [5, 5.41) is 0. The lowest BCUT2D eigenvalue weighted by Gasteiger charge is -1.95. The molecule has 0 N–H and O–H groups in total. The zero-order valence-electron chi connectivity index (χ0n) is 8.33. The molecule has 1 heteroatoms. The average Bonchev–Trinajstić information content (AvgIpc) is 2.08. The summed E-state index contributed by atoms with van der Waals surface area (Å²) in [5.41, 5.74) is 0. The molecule has 0 aromatic carbocycles. The molecule has 0 atom stereocenters. The average molecular weight is 162 g/mol. The first-order valence-corrected chi connectivity index (χ1v) is 4.97. The van der Waals surface area contributed by atoms with Crippen LogP contribution in [0.25, 0.3) is 0 Å². The predicted molar refractivity (Wildman–Crippen MR) is 50.7 cm³/mol. The fraction of sp³-hybridized carbons (Fsp3) is 1.00. The molecule has 11 heavy (non-hydrogen) atoms. The first-order valence-electron chi connectivity index (χ1n) is 4.97. The second-order valence-electron chi connectivity index (χ2n) is 2.46. The topological polar surface area (TPSA) is 0 Å². The summed E-state index contributed by atoms with van der Waals surface area (Å²) in [6, 6.07) is 0. The van der Waals surface area contributed by atoms with Gasteiger partial charge in [-0.15, -0.1) is 0 Å². The summed E-state index contributed by atoms with van der Waals surface area (Å²) >= 11 is 0. The maximum absolute atomic E-state index is 11.5. The van der Waals surface area contributed by atoms with Gasteiger partial charge in [-0.1, -0.05) is 52.9 Å². The SMILES string of the molecule is CC.CCCCCCCCF. The highest BCUT2D eigenvalue weighted by molar-refractivity contribution is 4.41. The Kier molecular flexibility index (Phi) is 20.3. The molecule has 0 saturated heterocycles. The van der Waals surface area contributed by atoms with Crippen LogP contribution in [0.2, 0.25) is 0 Å². The minimum atomic E-state index is -0.133. The van der Waals surface area contributed by atoms with E-state index in [1.54, 1.807) is 0 Å². The maximum atomic E-state index is 11.5. The Bertz CT molecular complexity index is 38.1. The number of alkyl halides is 1. The van der Waals surface area contributed by atoms with Crippen molar-refractivity contribution >= 4 is 0 Å². The van der Waals surface area contributed by atoms with E-state index in [0.29, 0.717) is 0 Å². The maximum Gasteiger partial charge on any atom is 0.0894 e. The highest BCUT2D eigenvalue weighted by Crippen LogP contribution is 2.04. The number of hydrogen-bond acceptors (Lipinski definition) is 0. The molecule has 0 saturated carbocycles. The normalized spacial score (nSPS) is 8.73. The first-order chi connectivity index (χ1) is 5.41. The molecular weight excluding hydrogens is 139 g/mol. The van der Waals surface area contributed by atoms with Crippen LogP contribution in [0.15, 0.2) is 0 Å². The van der Waals surface area contributed by atoms with Gasteiger partial charge in [0.25, 0.3) is 0 Å². The lowest BCUT2D eigenvalue weighted by atomic mass is 10.1. The number of unbranched alkanes of at least 4 members (excludes halogenated alkanes) is 5. The first kappa shape index (κ1) is 13.5. The Hall–Kier alpha value is -0.0700. The van der Waals surface area contributed by atoms with E-state index in [0.717, 1.165) is 12.8 Å². The Morgan fingerprint density at radius 1 is 0.818 bits per heavy atom. The van der Waals surface area contributed by atoms with E-state index >= 15 is 0 Å². The molecule has 0 amide bonds. The number of hydrogen-bond donors (Lipinski definition) is 0. The van der Waals surface area contributed by atoms with E-state index in [1.165, 1.54) is 25.7 Å². The standard InChI is InChI=1S/C8H17F.C2H6/c1-2-3-4-5-6-7-8-9;1-2/h2-8H2,1H3;1-2H3. The van der Waals surface area contributed by atoms with Crippen molar-refractivity contribution in [3.8, 4) is 0 Å². The molecule has 0 unspecified atom stereocenters. The van der Waals surface area contributed by atoms with Gasteiger partial charge in [-0.2, -0.15) is 0 Å². The number of rotatable bonds is 6. The van der Waals surface area contributed by atoms with Gasteiger partial charge in [0.1, 0.15) is 0 Å². The smallest absolute Gasteiger partial charge is 0.0894 e. The van der Waals surface area contributed by atoms with Crippen LogP contribution in [0.3, 0.4) is 0 Å². The van der Waals surface area contributed by atoms with Crippen LogP contribution >= 0.6 is 0 Å². The van der Waals surface area contributed by atoms with Gasteiger partial charge < -0.3 is 0 Å². The van der Waals surface area contributed by atoms with Crippen LogP contribution in [0.4, 0.5) is 4.39 Å². The molecule has 70 valence electrons. The minimum absolute atomic E-state index is 0.133. The third kappa shape index (κ3) is 17.8. The van der Waals surface area contributed by atoms with E-state index < -0.39 is 0 Å². The monoisotopic (exact) mass is 162 g/mol. The second-order valence-corrected chi connectivity index (χ2v) is 2.46. The Balaban J connectivity index is 0. The van der Waals surface area contributed by atoms with Gasteiger partial charge in [-0.05, 0) is 6.42 Å². The van der Waals surface area contributed by atoms with Crippen molar-refractivity contribution in [1.82, 2.24) is 0 Å². The van der Waals surface area contributed by atoms with Gasteiger partial charge in [0, 0.05) is 0 Å². The zero-order chi connectivity index (χ0) is 8.95. The summed E-state index contributed by atoms with van der Waals surface area (Å²) in [7, 11) is 0. The van der Waals surface area contributed by atoms with Crippen LogP contribution in [0.5, 0.6) is 0 Å². The molecule has 0 aliphatic heterocycles. The Labute approximate surface area is 71.2 Å². The highest BCUT2D eigenvalue weighted by Gasteiger charge is 1.87. The van der Waals surface area contributed by atoms with Crippen molar-refractivity contribution in [1.29, 1.82) is 0 Å². The molecule has 0 aromatic rings. The third-order valence-corrected chi connectivity index (χ3v) is 1.49. The molecule has 0 heterocycles. The van der Waals surface area contributed by atoms with E-state index in [4.69, 9.17) is 0 Å². The molecular formula is C10H23F. The molecule has 0 spiro atoms. The molecule has 0 bridgehead atoms. The summed E-state index contributed by atoms with van der Waals surface area (Å²) < 4.78 is 11.5. The second kappa shape index (κ2) is 16.5. The predicted octanol–water partition coefficient (Wildman–Crippen LogP) is 4.34. The molecule has 0 fully saturated rings. The summed E-state index contributed by atoms with van der Waals surface area (Å²) in [6.07, 6.45) is 6.94. The van der Waals surface area contributed by atoms with Gasteiger partial charge in [0.05, 0.1) is 6.67 Å².